The molecule has 0 spiro atoms. The molecule has 18 heavy (non-hydrogen) atoms. The number of halogens is 1. The van der Waals surface area contributed by atoms with Gasteiger partial charge in [0.05, 0.1) is 5.92 Å². The number of nitrogens with one attached hydrogen (secondary N) is 1. The Hall–Kier alpha value is -1.06. The molecule has 3 rings (SSSR count). The Balaban J connectivity index is 0.00000120. The van der Waals surface area contributed by atoms with Crippen LogP contribution in [0.15, 0.2) is 24.3 Å². The lowest BCUT2D eigenvalue weighted by Gasteiger charge is -2.39. The van der Waals surface area contributed by atoms with Crippen molar-refractivity contribution < 1.29 is 4.79 Å². The summed E-state index contributed by atoms with van der Waals surface area (Å²) in [5, 5.41) is 3.00. The highest BCUT2D eigenvalue weighted by molar-refractivity contribution is 5.86. The molecule has 2 aliphatic rings. The van der Waals surface area contributed by atoms with E-state index in [1.807, 2.05) is 18.2 Å². The van der Waals surface area contributed by atoms with Crippen LogP contribution in [0.25, 0.3) is 0 Å². The van der Waals surface area contributed by atoms with Crippen molar-refractivity contribution in [1.29, 1.82) is 0 Å². The van der Waals surface area contributed by atoms with Crippen LogP contribution in [0.3, 0.4) is 0 Å². The molecule has 3 N–H and O–H groups in total. The molecule has 4 heteroatoms. The van der Waals surface area contributed by atoms with Crippen LogP contribution in [0.1, 0.15) is 36.3 Å². The van der Waals surface area contributed by atoms with Gasteiger partial charge in [-0.05, 0) is 36.8 Å². The van der Waals surface area contributed by atoms with Crippen LogP contribution >= 0.6 is 12.4 Å². The van der Waals surface area contributed by atoms with Gasteiger partial charge in [-0.25, -0.2) is 0 Å². The van der Waals surface area contributed by atoms with E-state index >= 15 is 0 Å². The highest BCUT2D eigenvalue weighted by atomic mass is 35.5. The van der Waals surface area contributed by atoms with E-state index < -0.39 is 0 Å². The Kier molecular flexibility index (Phi) is 3.64. The number of hydrogen-bond acceptors (Lipinski definition) is 2. The van der Waals surface area contributed by atoms with Crippen LogP contribution in [0.5, 0.6) is 0 Å². The predicted octanol–water partition coefficient (Wildman–Crippen LogP) is 1.75. The molecule has 1 fully saturated rings. The van der Waals surface area contributed by atoms with Gasteiger partial charge in [0.15, 0.2) is 0 Å². The van der Waals surface area contributed by atoms with Gasteiger partial charge in [0.2, 0.25) is 5.91 Å². The van der Waals surface area contributed by atoms with Gasteiger partial charge >= 0.3 is 0 Å². The molecule has 1 aromatic carbocycles. The molecule has 0 aromatic heterocycles. The van der Waals surface area contributed by atoms with E-state index in [4.69, 9.17) is 5.73 Å². The van der Waals surface area contributed by atoms with Crippen LogP contribution in [0.2, 0.25) is 0 Å². The van der Waals surface area contributed by atoms with Crippen LogP contribution in [-0.4, -0.2) is 18.0 Å². The van der Waals surface area contributed by atoms with Crippen LogP contribution < -0.4 is 11.1 Å². The van der Waals surface area contributed by atoms with Gasteiger partial charge in [-0.15, -0.1) is 12.4 Å². The number of carbonyl (C=O) groups excluding carboxylic acids is 1. The van der Waals surface area contributed by atoms with Gasteiger partial charge in [-0.3, -0.25) is 4.79 Å². The summed E-state index contributed by atoms with van der Waals surface area (Å²) in [7, 11) is 0. The number of hydrogen-bond donors (Lipinski definition) is 2. The normalized spacial score (nSPS) is 22.8. The summed E-state index contributed by atoms with van der Waals surface area (Å²) in [4.78, 5) is 12.0. The lowest BCUT2D eigenvalue weighted by atomic mass is 9.75. The number of benzene rings is 1. The number of rotatable bonds is 3. The third-order valence-electron chi connectivity index (χ3n) is 4.14. The van der Waals surface area contributed by atoms with Crippen molar-refractivity contribution in [3.8, 4) is 0 Å². The lowest BCUT2D eigenvalue weighted by molar-refractivity contribution is -0.123. The summed E-state index contributed by atoms with van der Waals surface area (Å²) >= 11 is 0. The third kappa shape index (κ3) is 2.25. The molecule has 1 saturated carbocycles. The molecule has 1 aromatic rings. The molecule has 2 aliphatic carbocycles. The molecular weight excluding hydrogens is 248 g/mol. The molecule has 1 amide bonds. The number of amides is 1. The maximum Gasteiger partial charge on any atom is 0.227 e. The van der Waals surface area contributed by atoms with Crippen molar-refractivity contribution in [2.75, 3.05) is 6.54 Å². The molecule has 0 saturated heterocycles. The zero-order chi connectivity index (χ0) is 11.9. The molecule has 0 radical (unpaired) electrons. The summed E-state index contributed by atoms with van der Waals surface area (Å²) in [6.45, 7) is 0.629. The quantitative estimate of drug-likeness (QED) is 0.876. The van der Waals surface area contributed by atoms with E-state index in [-0.39, 0.29) is 29.8 Å². The highest BCUT2D eigenvalue weighted by Gasteiger charge is 2.35. The van der Waals surface area contributed by atoms with Crippen molar-refractivity contribution in [2.24, 2.45) is 5.73 Å². The molecule has 0 heterocycles. The number of nitrogens with two attached hydrogens (primary N) is 1. The fourth-order valence-electron chi connectivity index (χ4n) is 2.69. The minimum atomic E-state index is -0.126. The van der Waals surface area contributed by atoms with E-state index in [0.29, 0.717) is 6.54 Å². The largest absolute Gasteiger partial charge is 0.354 e. The topological polar surface area (TPSA) is 55.1 Å². The van der Waals surface area contributed by atoms with Crippen molar-refractivity contribution in [1.82, 2.24) is 5.32 Å². The minimum Gasteiger partial charge on any atom is -0.354 e. The first-order chi connectivity index (χ1) is 8.18. The van der Waals surface area contributed by atoms with E-state index in [9.17, 15) is 4.79 Å². The second kappa shape index (κ2) is 4.90. The average molecular weight is 267 g/mol. The second-order valence-corrected chi connectivity index (χ2v) is 5.39. The van der Waals surface area contributed by atoms with Gasteiger partial charge < -0.3 is 11.1 Å². The van der Waals surface area contributed by atoms with Crippen LogP contribution in [0.4, 0.5) is 0 Å². The van der Waals surface area contributed by atoms with E-state index in [2.05, 4.69) is 11.4 Å². The molecule has 3 nitrogen and oxygen atoms in total. The maximum atomic E-state index is 12.0. The van der Waals surface area contributed by atoms with Crippen LogP contribution in [-0.2, 0) is 11.2 Å². The Bertz CT molecular complexity index is 457. The van der Waals surface area contributed by atoms with Gasteiger partial charge in [-0.2, -0.15) is 0 Å². The Labute approximate surface area is 114 Å². The van der Waals surface area contributed by atoms with Crippen molar-refractivity contribution in [3.05, 3.63) is 35.4 Å². The van der Waals surface area contributed by atoms with Crippen molar-refractivity contribution in [3.63, 3.8) is 0 Å². The first kappa shape index (κ1) is 13.4. The van der Waals surface area contributed by atoms with Gasteiger partial charge in [0.25, 0.3) is 0 Å². The summed E-state index contributed by atoms with van der Waals surface area (Å²) in [6.07, 6.45) is 4.14. The Morgan fingerprint density at radius 3 is 2.72 bits per heavy atom. The molecule has 0 bridgehead atoms. The Morgan fingerprint density at radius 2 is 2.11 bits per heavy atom. The zero-order valence-electron chi connectivity index (χ0n) is 10.3. The van der Waals surface area contributed by atoms with E-state index in [1.165, 1.54) is 17.5 Å². The fourth-order valence-corrected chi connectivity index (χ4v) is 2.69. The maximum absolute atomic E-state index is 12.0. The van der Waals surface area contributed by atoms with E-state index in [0.717, 1.165) is 19.3 Å². The molecule has 1 unspecified atom stereocenters. The second-order valence-electron chi connectivity index (χ2n) is 5.39. The summed E-state index contributed by atoms with van der Waals surface area (Å²) in [6, 6.07) is 8.16. The molecular formula is C14H19ClN2O. The predicted molar refractivity (Wildman–Crippen MR) is 73.9 cm³/mol. The Morgan fingerprint density at radius 1 is 1.39 bits per heavy atom. The molecule has 98 valence electrons. The molecule has 1 atom stereocenters. The third-order valence-corrected chi connectivity index (χ3v) is 4.14. The SMILES string of the molecule is Cl.NC1(CNC(=O)C2Cc3ccccc32)CCC1. The summed E-state index contributed by atoms with van der Waals surface area (Å²) in [5.74, 6) is 0.190. The number of fused-ring (bicyclic) bond motifs is 1. The van der Waals surface area contributed by atoms with Crippen LogP contribution in [0, 0.1) is 0 Å². The monoisotopic (exact) mass is 266 g/mol. The van der Waals surface area contributed by atoms with E-state index in [1.54, 1.807) is 0 Å². The smallest absolute Gasteiger partial charge is 0.227 e. The number of carbonyl (C=O) groups is 1. The highest BCUT2D eigenvalue weighted by Crippen LogP contribution is 2.35. The van der Waals surface area contributed by atoms with Gasteiger partial charge in [0, 0.05) is 12.1 Å². The average Bonchev–Trinajstić information content (AvgIpc) is 2.25. The first-order valence-corrected chi connectivity index (χ1v) is 6.32. The van der Waals surface area contributed by atoms with Crippen molar-refractivity contribution in [2.45, 2.75) is 37.1 Å². The summed E-state index contributed by atoms with van der Waals surface area (Å²) in [5.41, 5.74) is 8.45. The first-order valence-electron chi connectivity index (χ1n) is 6.32. The van der Waals surface area contributed by atoms with Crippen molar-refractivity contribution >= 4 is 18.3 Å². The lowest BCUT2D eigenvalue weighted by Crippen LogP contribution is -2.55. The minimum absolute atomic E-state index is 0. The zero-order valence-corrected chi connectivity index (χ0v) is 11.1. The van der Waals surface area contributed by atoms with Gasteiger partial charge in [0.1, 0.15) is 0 Å². The molecule has 0 aliphatic heterocycles. The van der Waals surface area contributed by atoms with Gasteiger partial charge in [-0.1, -0.05) is 24.3 Å². The summed E-state index contributed by atoms with van der Waals surface area (Å²) < 4.78 is 0. The standard InChI is InChI=1S/C14H18N2O.ClH/c15-14(6-3-7-14)9-16-13(17)12-8-10-4-1-2-5-11(10)12;/h1-2,4-5,12H,3,6-9,15H2,(H,16,17);1H. The fraction of sp³-hybridized carbons (Fsp3) is 0.500.